The second kappa shape index (κ2) is 17.8. The Kier molecular flexibility index (Phi) is 13.1. The Balaban J connectivity index is 0.984. The predicted molar refractivity (Wildman–Crippen MR) is 215 cm³/mol. The minimum Gasteiger partial charge on any atom is -0.465 e. The molecule has 1 aromatic carbocycles. The standard InChI is InChI=1S/C41H56N8O6S/c1-26(28-7-9-29(10-8-28)36-27(2)43-25-56-36)44-38(52)33-21-32(50)23-49(33)39(53)37(41(3,4)5)45-35(51)24-46-17-19-47(20-18-46)31-13-15-48(16-14-31)34-12-11-30(22-42-34)40(54)55-6/h7-12,22,25-26,31-33,37,50H,13-21,23-24H2,1-6H3,(H,44,52)(H,45,51)/t26-,32+,33-,37+/m0/s1. The third kappa shape index (κ3) is 9.74. The molecule has 3 aliphatic heterocycles. The van der Waals surface area contributed by atoms with Crippen LogP contribution in [0.2, 0.25) is 0 Å². The van der Waals surface area contributed by atoms with E-state index in [0.29, 0.717) is 11.6 Å². The van der Waals surface area contributed by atoms with Crippen LogP contribution in [0, 0.1) is 12.3 Å². The Bertz CT molecular complexity index is 1830. The van der Waals surface area contributed by atoms with Crippen molar-refractivity contribution in [3.63, 3.8) is 0 Å². The maximum Gasteiger partial charge on any atom is 0.339 e. The number of nitrogens with one attached hydrogen (secondary N) is 2. The molecule has 3 N–H and O–H groups in total. The van der Waals surface area contributed by atoms with E-state index in [9.17, 15) is 24.3 Å². The summed E-state index contributed by atoms with van der Waals surface area (Å²) < 4.78 is 4.78. The normalized spacial score (nSPS) is 21.1. The molecule has 5 heterocycles. The summed E-state index contributed by atoms with van der Waals surface area (Å²) in [6.07, 6.45) is 2.84. The van der Waals surface area contributed by atoms with Crippen molar-refractivity contribution in [2.45, 2.75) is 84.2 Å². The molecule has 3 aliphatic rings. The van der Waals surface area contributed by atoms with E-state index >= 15 is 0 Å². The molecule has 302 valence electrons. The third-order valence-electron chi connectivity index (χ3n) is 11.3. The number of piperidine rings is 1. The highest BCUT2D eigenvalue weighted by molar-refractivity contribution is 7.13. The summed E-state index contributed by atoms with van der Waals surface area (Å²) in [5.41, 5.74) is 4.58. The first kappa shape index (κ1) is 41.2. The van der Waals surface area contributed by atoms with Crippen LogP contribution in [-0.4, -0.2) is 137 Å². The highest BCUT2D eigenvalue weighted by Gasteiger charge is 2.45. The number of piperazine rings is 1. The van der Waals surface area contributed by atoms with Crippen LogP contribution >= 0.6 is 11.3 Å². The molecule has 2 aromatic heterocycles. The first-order valence-electron chi connectivity index (χ1n) is 19.6. The van der Waals surface area contributed by atoms with Gasteiger partial charge in [-0.3, -0.25) is 24.2 Å². The average Bonchev–Trinajstić information content (AvgIpc) is 3.81. The number of nitrogens with zero attached hydrogens (tertiary/aromatic N) is 6. The van der Waals surface area contributed by atoms with E-state index < -0.39 is 29.6 Å². The lowest BCUT2D eigenvalue weighted by atomic mass is 9.85. The number of hydrogen-bond donors (Lipinski definition) is 3. The van der Waals surface area contributed by atoms with Crippen molar-refractivity contribution in [1.29, 1.82) is 0 Å². The number of rotatable bonds is 11. The van der Waals surface area contributed by atoms with E-state index in [4.69, 9.17) is 4.74 Å². The van der Waals surface area contributed by atoms with Crippen molar-refractivity contribution in [3.05, 3.63) is 64.9 Å². The average molecular weight is 789 g/mol. The smallest absolute Gasteiger partial charge is 0.339 e. The number of pyridine rings is 1. The van der Waals surface area contributed by atoms with E-state index in [1.54, 1.807) is 23.6 Å². The van der Waals surface area contributed by atoms with Crippen LogP contribution in [0.15, 0.2) is 48.1 Å². The van der Waals surface area contributed by atoms with Crippen LogP contribution in [0.25, 0.3) is 10.4 Å². The first-order valence-corrected chi connectivity index (χ1v) is 20.4. The van der Waals surface area contributed by atoms with Gasteiger partial charge in [-0.05, 0) is 55.4 Å². The van der Waals surface area contributed by atoms with Crippen LogP contribution in [0.1, 0.15) is 74.6 Å². The minimum atomic E-state index is -0.881. The molecule has 3 aromatic rings. The zero-order valence-corrected chi connectivity index (χ0v) is 34.2. The van der Waals surface area contributed by atoms with Crippen LogP contribution in [0.4, 0.5) is 5.82 Å². The van der Waals surface area contributed by atoms with Crippen LogP contribution in [-0.2, 0) is 19.1 Å². The lowest BCUT2D eigenvalue weighted by Crippen LogP contribution is -2.59. The highest BCUT2D eigenvalue weighted by Crippen LogP contribution is 2.30. The molecule has 0 aliphatic carbocycles. The number of aromatic nitrogens is 2. The number of carbonyl (C=O) groups excluding carboxylic acids is 4. The van der Waals surface area contributed by atoms with Gasteiger partial charge in [-0.1, -0.05) is 45.0 Å². The number of aryl methyl sites for hydroxylation is 1. The number of hydrogen-bond acceptors (Lipinski definition) is 12. The van der Waals surface area contributed by atoms with Gasteiger partial charge >= 0.3 is 5.97 Å². The summed E-state index contributed by atoms with van der Waals surface area (Å²) in [5, 5.41) is 16.7. The van der Waals surface area contributed by atoms with E-state index in [1.165, 1.54) is 12.0 Å². The van der Waals surface area contributed by atoms with Crippen LogP contribution in [0.5, 0.6) is 0 Å². The molecular weight excluding hydrogens is 733 g/mol. The number of thiazole rings is 1. The van der Waals surface area contributed by atoms with Crippen molar-refractivity contribution < 1.29 is 29.0 Å². The van der Waals surface area contributed by atoms with Gasteiger partial charge in [-0.2, -0.15) is 0 Å². The monoisotopic (exact) mass is 788 g/mol. The second-order valence-electron chi connectivity index (χ2n) is 16.3. The van der Waals surface area contributed by atoms with Gasteiger partial charge < -0.3 is 30.3 Å². The summed E-state index contributed by atoms with van der Waals surface area (Å²) in [5.74, 6) is -0.485. The van der Waals surface area contributed by atoms with E-state index in [1.807, 2.05) is 70.5 Å². The topological polar surface area (TPSA) is 161 Å². The SMILES string of the molecule is COC(=O)c1ccc(N2CCC(N3CCN(CC(=O)N[C@H](C(=O)N4C[C@H](O)C[C@H]4C(=O)N[C@@H](C)c4ccc(-c5scnc5C)cc4)C(C)(C)C)CC3)CC2)nc1. The number of likely N-dealkylation sites (tertiary alicyclic amines) is 1. The zero-order valence-electron chi connectivity index (χ0n) is 33.4. The van der Waals surface area contributed by atoms with Gasteiger partial charge in [0.1, 0.15) is 17.9 Å². The second-order valence-corrected chi connectivity index (χ2v) is 17.2. The van der Waals surface area contributed by atoms with Gasteiger partial charge in [0, 0.05) is 64.5 Å². The van der Waals surface area contributed by atoms with Gasteiger partial charge in [0.05, 0.1) is 47.4 Å². The number of anilines is 1. The fraction of sp³-hybridized carbons (Fsp3) is 0.561. The predicted octanol–water partition coefficient (Wildman–Crippen LogP) is 3.26. The Morgan fingerprint density at radius 2 is 1.66 bits per heavy atom. The molecule has 0 spiro atoms. The molecule has 0 radical (unpaired) electrons. The number of amides is 3. The zero-order chi connectivity index (χ0) is 40.1. The van der Waals surface area contributed by atoms with Crippen molar-refractivity contribution in [2.24, 2.45) is 5.41 Å². The van der Waals surface area contributed by atoms with E-state index in [0.717, 1.165) is 79.6 Å². The summed E-state index contributed by atoms with van der Waals surface area (Å²) in [6, 6.07) is 10.00. The van der Waals surface area contributed by atoms with Gasteiger partial charge in [-0.15, -0.1) is 11.3 Å². The fourth-order valence-electron chi connectivity index (χ4n) is 7.98. The Labute approximate surface area is 333 Å². The molecule has 0 bridgehead atoms. The Morgan fingerprint density at radius 1 is 0.964 bits per heavy atom. The first-order chi connectivity index (χ1) is 26.7. The summed E-state index contributed by atoms with van der Waals surface area (Å²) >= 11 is 1.59. The van der Waals surface area contributed by atoms with Crippen molar-refractivity contribution in [2.75, 3.05) is 64.4 Å². The lowest BCUT2D eigenvalue weighted by Gasteiger charge is -2.43. The number of methoxy groups -OCH3 is 1. The maximum atomic E-state index is 14.2. The molecule has 3 amide bonds. The van der Waals surface area contributed by atoms with Gasteiger partial charge in [0.15, 0.2) is 0 Å². The maximum absolute atomic E-state index is 14.2. The highest BCUT2D eigenvalue weighted by atomic mass is 32.1. The summed E-state index contributed by atoms with van der Waals surface area (Å²) in [6.45, 7) is 14.7. The van der Waals surface area contributed by atoms with E-state index in [2.05, 4.69) is 35.3 Å². The van der Waals surface area contributed by atoms with Crippen molar-refractivity contribution in [3.8, 4) is 10.4 Å². The molecule has 0 saturated carbocycles. The summed E-state index contributed by atoms with van der Waals surface area (Å²) in [4.78, 5) is 71.3. The minimum absolute atomic E-state index is 0.0235. The number of benzene rings is 1. The molecular formula is C41H56N8O6S. The number of aliphatic hydroxyl groups is 1. The van der Waals surface area contributed by atoms with Gasteiger partial charge in [-0.25, -0.2) is 14.8 Å². The van der Waals surface area contributed by atoms with E-state index in [-0.39, 0.29) is 43.3 Å². The molecule has 3 saturated heterocycles. The lowest BCUT2D eigenvalue weighted by molar-refractivity contribution is -0.144. The van der Waals surface area contributed by atoms with Gasteiger partial charge in [0.2, 0.25) is 17.7 Å². The van der Waals surface area contributed by atoms with Gasteiger partial charge in [0.25, 0.3) is 0 Å². The Hall–Kier alpha value is -4.44. The molecule has 6 rings (SSSR count). The molecule has 4 atom stereocenters. The largest absolute Gasteiger partial charge is 0.465 e. The van der Waals surface area contributed by atoms with Crippen LogP contribution in [0.3, 0.4) is 0 Å². The molecule has 3 fully saturated rings. The fourth-order valence-corrected chi connectivity index (χ4v) is 8.80. The number of esters is 1. The number of ether oxygens (including phenoxy) is 1. The van der Waals surface area contributed by atoms with Crippen molar-refractivity contribution in [1.82, 2.24) is 35.3 Å². The molecule has 14 nitrogen and oxygen atoms in total. The number of aliphatic hydroxyl groups excluding tert-OH is 1. The Morgan fingerprint density at radius 3 is 2.25 bits per heavy atom. The third-order valence-corrected chi connectivity index (χ3v) is 12.3. The molecule has 0 unspecified atom stereocenters. The molecule has 56 heavy (non-hydrogen) atoms. The number of carbonyl (C=O) groups is 4. The van der Waals surface area contributed by atoms with Crippen molar-refractivity contribution >= 4 is 40.8 Å². The molecule has 15 heteroatoms. The summed E-state index contributed by atoms with van der Waals surface area (Å²) in [7, 11) is 1.36. The number of β-amino-alcohol motifs (C(OH)–C–C–N with tert-alkyl or cyclic N) is 1. The quantitative estimate of drug-likeness (QED) is 0.245. The van der Waals surface area contributed by atoms with Crippen LogP contribution < -0.4 is 15.5 Å².